The van der Waals surface area contributed by atoms with Crippen molar-refractivity contribution in [2.24, 2.45) is 0 Å². The number of rotatable bonds is 5. The van der Waals surface area contributed by atoms with E-state index >= 15 is 0 Å². The third-order valence-corrected chi connectivity index (χ3v) is 5.28. The van der Waals surface area contributed by atoms with Gasteiger partial charge in [-0.1, -0.05) is 17.7 Å². The first kappa shape index (κ1) is 22.9. The van der Waals surface area contributed by atoms with Crippen LogP contribution in [0, 0.1) is 0 Å². The summed E-state index contributed by atoms with van der Waals surface area (Å²) in [4.78, 5) is 39.2. The Kier molecular flexibility index (Phi) is 6.47. The standard InChI is InChI=1S/C21H26ClN3O6/c1-21(2,3)31-20(30)24-8-6-23(7-9-24)18(19(28)29)15-11-25(12-17(26)27)16-10-13(22)4-5-14(15)16/h4-5,10-11,18H,6-9,12H2,1-3H3,(H,26,27)(H,28,29). The van der Waals surface area contributed by atoms with Crippen LogP contribution in [-0.4, -0.2) is 74.4 Å². The quantitative estimate of drug-likeness (QED) is 0.718. The molecule has 0 radical (unpaired) electrons. The van der Waals surface area contributed by atoms with Crippen LogP contribution in [0.4, 0.5) is 4.79 Å². The van der Waals surface area contributed by atoms with Gasteiger partial charge >= 0.3 is 18.0 Å². The number of carbonyl (C=O) groups excluding carboxylic acids is 1. The number of benzene rings is 1. The molecule has 1 aromatic carbocycles. The van der Waals surface area contributed by atoms with E-state index in [4.69, 9.17) is 16.3 Å². The summed E-state index contributed by atoms with van der Waals surface area (Å²) in [7, 11) is 0. The Balaban J connectivity index is 1.87. The molecule has 2 N–H and O–H groups in total. The molecule has 1 aromatic heterocycles. The lowest BCUT2D eigenvalue weighted by molar-refractivity contribution is -0.144. The van der Waals surface area contributed by atoms with Gasteiger partial charge in [0.05, 0.1) is 5.52 Å². The van der Waals surface area contributed by atoms with Crippen molar-refractivity contribution in [3.05, 3.63) is 35.0 Å². The Labute approximate surface area is 184 Å². The minimum atomic E-state index is -1.05. The Morgan fingerprint density at radius 2 is 1.77 bits per heavy atom. The SMILES string of the molecule is CC(C)(C)OC(=O)N1CCN(C(C(=O)O)c2cn(CC(=O)O)c3cc(Cl)ccc23)CC1. The molecular weight excluding hydrogens is 426 g/mol. The molecule has 1 saturated heterocycles. The summed E-state index contributed by atoms with van der Waals surface area (Å²) >= 11 is 6.08. The predicted molar refractivity (Wildman–Crippen MR) is 114 cm³/mol. The molecule has 3 rings (SSSR count). The average molecular weight is 452 g/mol. The molecule has 2 heterocycles. The summed E-state index contributed by atoms with van der Waals surface area (Å²) in [5, 5.41) is 20.3. The number of carboxylic acids is 2. The van der Waals surface area contributed by atoms with Crippen LogP contribution >= 0.6 is 11.6 Å². The molecule has 0 aliphatic carbocycles. The van der Waals surface area contributed by atoms with Crippen LogP contribution in [0.2, 0.25) is 5.02 Å². The topological polar surface area (TPSA) is 112 Å². The van der Waals surface area contributed by atoms with Crippen LogP contribution in [0.15, 0.2) is 24.4 Å². The summed E-state index contributed by atoms with van der Waals surface area (Å²) in [6.07, 6.45) is 1.14. The van der Waals surface area contributed by atoms with Gasteiger partial charge in [0.1, 0.15) is 18.2 Å². The first-order valence-corrected chi connectivity index (χ1v) is 10.3. The van der Waals surface area contributed by atoms with Crippen LogP contribution in [0.3, 0.4) is 0 Å². The first-order chi connectivity index (χ1) is 14.5. The van der Waals surface area contributed by atoms with E-state index in [-0.39, 0.29) is 6.54 Å². The van der Waals surface area contributed by atoms with Crippen LogP contribution in [0.25, 0.3) is 10.9 Å². The highest BCUT2D eigenvalue weighted by atomic mass is 35.5. The Bertz CT molecular complexity index is 1000. The first-order valence-electron chi connectivity index (χ1n) is 9.91. The number of amides is 1. The fourth-order valence-electron chi connectivity index (χ4n) is 3.76. The summed E-state index contributed by atoms with van der Waals surface area (Å²) < 4.78 is 6.89. The summed E-state index contributed by atoms with van der Waals surface area (Å²) in [5.41, 5.74) is 0.445. The van der Waals surface area contributed by atoms with Crippen molar-refractivity contribution in [3.8, 4) is 0 Å². The molecular formula is C21H26ClN3O6. The molecule has 31 heavy (non-hydrogen) atoms. The number of carboxylic acid groups (broad SMARTS) is 2. The zero-order valence-electron chi connectivity index (χ0n) is 17.7. The zero-order chi connectivity index (χ0) is 22.9. The van der Waals surface area contributed by atoms with Gasteiger partial charge in [0, 0.05) is 48.3 Å². The number of halogens is 1. The Morgan fingerprint density at radius 1 is 1.13 bits per heavy atom. The van der Waals surface area contributed by atoms with Crippen molar-refractivity contribution >= 4 is 40.5 Å². The van der Waals surface area contributed by atoms with Crippen molar-refractivity contribution in [3.63, 3.8) is 0 Å². The maximum Gasteiger partial charge on any atom is 0.410 e. The molecule has 9 nitrogen and oxygen atoms in total. The number of aromatic nitrogens is 1. The number of fused-ring (bicyclic) bond motifs is 1. The van der Waals surface area contributed by atoms with E-state index < -0.39 is 29.7 Å². The second-order valence-electron chi connectivity index (χ2n) is 8.51. The third kappa shape index (κ3) is 5.29. The van der Waals surface area contributed by atoms with Gasteiger partial charge in [0.2, 0.25) is 0 Å². The van der Waals surface area contributed by atoms with E-state index in [2.05, 4.69) is 0 Å². The molecule has 1 amide bonds. The summed E-state index contributed by atoms with van der Waals surface area (Å²) in [5.74, 6) is -2.09. The molecule has 1 aliphatic rings. The molecule has 1 aliphatic heterocycles. The van der Waals surface area contributed by atoms with Crippen LogP contribution in [0.1, 0.15) is 32.4 Å². The third-order valence-electron chi connectivity index (χ3n) is 5.04. The minimum absolute atomic E-state index is 0.310. The van der Waals surface area contributed by atoms with E-state index in [1.165, 1.54) is 4.57 Å². The van der Waals surface area contributed by atoms with Crippen molar-refractivity contribution in [2.45, 2.75) is 39.0 Å². The van der Waals surface area contributed by atoms with E-state index in [0.29, 0.717) is 47.7 Å². The van der Waals surface area contributed by atoms with E-state index in [1.54, 1.807) is 55.0 Å². The van der Waals surface area contributed by atoms with Gasteiger partial charge in [-0.25, -0.2) is 4.79 Å². The van der Waals surface area contributed by atoms with Gasteiger partial charge in [-0.2, -0.15) is 0 Å². The lowest BCUT2D eigenvalue weighted by Crippen LogP contribution is -2.51. The number of nitrogens with zero attached hydrogens (tertiary/aromatic N) is 3. The van der Waals surface area contributed by atoms with Gasteiger partial charge in [-0.3, -0.25) is 14.5 Å². The normalized spacial score (nSPS) is 16.3. The van der Waals surface area contributed by atoms with Crippen molar-refractivity contribution in [1.29, 1.82) is 0 Å². The predicted octanol–water partition coefficient (Wildman–Crippen LogP) is 3.06. The number of hydrogen-bond donors (Lipinski definition) is 2. The number of aliphatic carboxylic acids is 2. The van der Waals surface area contributed by atoms with Crippen molar-refractivity contribution in [2.75, 3.05) is 26.2 Å². The van der Waals surface area contributed by atoms with Gasteiger partial charge in [0.25, 0.3) is 0 Å². The number of piperazine rings is 1. The monoisotopic (exact) mass is 451 g/mol. The molecule has 1 unspecified atom stereocenters. The molecule has 0 bridgehead atoms. The van der Waals surface area contributed by atoms with Gasteiger partial charge < -0.3 is 24.4 Å². The lowest BCUT2D eigenvalue weighted by Gasteiger charge is -2.38. The highest BCUT2D eigenvalue weighted by Crippen LogP contribution is 2.33. The molecule has 0 spiro atoms. The minimum Gasteiger partial charge on any atom is -0.480 e. The molecule has 10 heteroatoms. The van der Waals surface area contributed by atoms with Crippen molar-refractivity contribution < 1.29 is 29.3 Å². The summed E-state index contributed by atoms with van der Waals surface area (Å²) in [6.45, 7) is 6.42. The highest BCUT2D eigenvalue weighted by Gasteiger charge is 2.34. The zero-order valence-corrected chi connectivity index (χ0v) is 18.4. The molecule has 0 saturated carbocycles. The van der Waals surface area contributed by atoms with Crippen LogP contribution < -0.4 is 0 Å². The van der Waals surface area contributed by atoms with E-state index in [1.807, 2.05) is 0 Å². The second-order valence-corrected chi connectivity index (χ2v) is 8.95. The average Bonchev–Trinajstić information content (AvgIpc) is 2.97. The smallest absolute Gasteiger partial charge is 0.410 e. The van der Waals surface area contributed by atoms with E-state index in [0.717, 1.165) is 0 Å². The van der Waals surface area contributed by atoms with Gasteiger partial charge in [0.15, 0.2) is 0 Å². The maximum absolute atomic E-state index is 12.3. The Hall–Kier alpha value is -2.78. The number of ether oxygens (including phenoxy) is 1. The second kappa shape index (κ2) is 8.76. The highest BCUT2D eigenvalue weighted by molar-refractivity contribution is 6.31. The number of hydrogen-bond acceptors (Lipinski definition) is 5. The van der Waals surface area contributed by atoms with Crippen molar-refractivity contribution in [1.82, 2.24) is 14.4 Å². The van der Waals surface area contributed by atoms with Gasteiger partial charge in [-0.15, -0.1) is 0 Å². The van der Waals surface area contributed by atoms with Crippen LogP contribution in [0.5, 0.6) is 0 Å². The number of carbonyl (C=O) groups is 3. The fraction of sp³-hybridized carbons (Fsp3) is 0.476. The van der Waals surface area contributed by atoms with Gasteiger partial charge in [-0.05, 0) is 32.9 Å². The molecule has 168 valence electrons. The Morgan fingerprint density at radius 3 is 2.32 bits per heavy atom. The lowest BCUT2D eigenvalue weighted by atomic mass is 10.0. The summed E-state index contributed by atoms with van der Waals surface area (Å²) in [6, 6.07) is 4.00. The van der Waals surface area contributed by atoms with E-state index in [9.17, 15) is 24.6 Å². The fourth-order valence-corrected chi connectivity index (χ4v) is 3.93. The molecule has 2 aromatic rings. The molecule has 1 atom stereocenters. The maximum atomic E-state index is 12.3. The molecule has 1 fully saturated rings. The largest absolute Gasteiger partial charge is 0.480 e. The van der Waals surface area contributed by atoms with Crippen LogP contribution in [-0.2, 0) is 20.9 Å².